The number of nitrogens with one attached hydrogen (secondary N) is 2. The van der Waals surface area contributed by atoms with Crippen LogP contribution in [0.25, 0.3) is 0 Å². The van der Waals surface area contributed by atoms with E-state index in [1.54, 1.807) is 0 Å². The topological polar surface area (TPSA) is 27.3 Å². The van der Waals surface area contributed by atoms with Gasteiger partial charge in [-0.1, -0.05) is 39.5 Å². The fourth-order valence-corrected chi connectivity index (χ4v) is 2.23. The smallest absolute Gasteiger partial charge is 0.0768 e. The van der Waals surface area contributed by atoms with Crippen molar-refractivity contribution in [3.63, 3.8) is 0 Å². The lowest BCUT2D eigenvalue weighted by molar-refractivity contribution is 0.154. The van der Waals surface area contributed by atoms with Crippen molar-refractivity contribution in [2.24, 2.45) is 5.92 Å². The van der Waals surface area contributed by atoms with E-state index in [9.17, 15) is 0 Å². The van der Waals surface area contributed by atoms with Crippen molar-refractivity contribution in [3.8, 4) is 0 Å². The zero-order chi connectivity index (χ0) is 10.4. The summed E-state index contributed by atoms with van der Waals surface area (Å²) in [5.74, 6) is 0.793. The normalized spacial score (nSPS) is 25.5. The molecule has 1 saturated heterocycles. The van der Waals surface area contributed by atoms with Crippen LogP contribution in [0.1, 0.15) is 46.0 Å². The van der Waals surface area contributed by atoms with Gasteiger partial charge in [0.15, 0.2) is 0 Å². The van der Waals surface area contributed by atoms with Crippen molar-refractivity contribution < 1.29 is 0 Å². The van der Waals surface area contributed by atoms with E-state index in [2.05, 4.69) is 36.6 Å². The van der Waals surface area contributed by atoms with Crippen LogP contribution in [0.3, 0.4) is 0 Å². The second-order valence-electron chi connectivity index (χ2n) is 4.26. The molecular formula is C11H25N3. The molecule has 84 valence electrons. The molecule has 0 amide bonds. The van der Waals surface area contributed by atoms with E-state index >= 15 is 0 Å². The van der Waals surface area contributed by atoms with Crippen LogP contribution in [0.5, 0.6) is 0 Å². The van der Waals surface area contributed by atoms with Crippen LogP contribution in [-0.2, 0) is 0 Å². The van der Waals surface area contributed by atoms with Gasteiger partial charge in [-0.25, -0.2) is 10.4 Å². The number of nitrogens with zero attached hydrogens (tertiary/aromatic N) is 1. The predicted molar refractivity (Wildman–Crippen MR) is 60.6 cm³/mol. The molecule has 14 heavy (non-hydrogen) atoms. The number of unbranched alkanes of at least 4 members (excludes halogenated alkanes) is 2. The van der Waals surface area contributed by atoms with E-state index in [-0.39, 0.29) is 0 Å². The van der Waals surface area contributed by atoms with Crippen LogP contribution < -0.4 is 10.7 Å². The molecule has 2 atom stereocenters. The Bertz CT molecular complexity index is 149. The summed E-state index contributed by atoms with van der Waals surface area (Å²) in [5.41, 5.74) is 3.30. The summed E-state index contributed by atoms with van der Waals surface area (Å²) in [5, 5.41) is 5.72. The van der Waals surface area contributed by atoms with E-state index in [1.165, 1.54) is 32.1 Å². The molecule has 0 radical (unpaired) electrons. The molecule has 3 nitrogen and oxygen atoms in total. The predicted octanol–water partition coefficient (Wildman–Crippen LogP) is 1.92. The molecule has 0 aromatic carbocycles. The molecule has 0 aromatic heterocycles. The minimum atomic E-state index is 0.539. The first-order valence-electron chi connectivity index (χ1n) is 5.99. The zero-order valence-corrected chi connectivity index (χ0v) is 9.84. The van der Waals surface area contributed by atoms with Gasteiger partial charge in [0.25, 0.3) is 0 Å². The van der Waals surface area contributed by atoms with Gasteiger partial charge in [-0.2, -0.15) is 0 Å². The summed E-state index contributed by atoms with van der Waals surface area (Å²) in [4.78, 5) is 0. The molecule has 0 saturated carbocycles. The first kappa shape index (κ1) is 12.0. The highest BCUT2D eigenvalue weighted by atomic mass is 15.6. The molecule has 2 N–H and O–H groups in total. The van der Waals surface area contributed by atoms with Crippen molar-refractivity contribution in [2.75, 3.05) is 13.7 Å². The molecule has 0 aliphatic carbocycles. The number of hydrogen-bond acceptors (Lipinski definition) is 3. The maximum Gasteiger partial charge on any atom is 0.0768 e. The molecule has 1 fully saturated rings. The molecule has 0 bridgehead atoms. The lowest BCUT2D eigenvalue weighted by Gasteiger charge is -2.27. The van der Waals surface area contributed by atoms with Gasteiger partial charge in [0.2, 0.25) is 0 Å². The first-order valence-corrected chi connectivity index (χ1v) is 5.99. The summed E-state index contributed by atoms with van der Waals surface area (Å²) in [6.07, 6.45) is 7.24. The lowest BCUT2D eigenvalue weighted by Crippen LogP contribution is -2.41. The average Bonchev–Trinajstić information content (AvgIpc) is 2.60. The quantitative estimate of drug-likeness (QED) is 0.640. The van der Waals surface area contributed by atoms with Crippen LogP contribution in [0.2, 0.25) is 0 Å². The van der Waals surface area contributed by atoms with E-state index in [4.69, 9.17) is 0 Å². The summed E-state index contributed by atoms with van der Waals surface area (Å²) < 4.78 is 0. The molecule has 1 aliphatic heterocycles. The Hall–Kier alpha value is -0.120. The largest absolute Gasteiger partial charge is 0.287 e. The fraction of sp³-hybridized carbons (Fsp3) is 1.00. The standard InChI is InChI=1S/C11H25N3/c1-4-6-7-8-10(5-2)11-12-9-13-14(11)3/h10-13H,4-9H2,1-3H3. The molecule has 3 heteroatoms. The van der Waals surface area contributed by atoms with Crippen molar-refractivity contribution in [1.29, 1.82) is 0 Å². The monoisotopic (exact) mass is 199 g/mol. The summed E-state index contributed by atoms with van der Waals surface area (Å²) in [6.45, 7) is 5.48. The highest BCUT2D eigenvalue weighted by molar-refractivity contribution is 4.76. The Labute approximate surface area is 88.2 Å². The second-order valence-corrected chi connectivity index (χ2v) is 4.26. The van der Waals surface area contributed by atoms with Gasteiger partial charge < -0.3 is 0 Å². The molecule has 1 heterocycles. The lowest BCUT2D eigenvalue weighted by atomic mass is 9.95. The van der Waals surface area contributed by atoms with Crippen molar-refractivity contribution in [2.45, 2.75) is 52.1 Å². The number of hydrazine groups is 1. The SMILES string of the molecule is CCCCCC(CC)C1NCNN1C. The van der Waals surface area contributed by atoms with Gasteiger partial charge in [-0.05, 0) is 12.3 Å². The van der Waals surface area contributed by atoms with Gasteiger partial charge in [0.1, 0.15) is 0 Å². The number of hydrogen-bond donors (Lipinski definition) is 2. The summed E-state index contributed by atoms with van der Waals surface area (Å²) in [6, 6.07) is 0. The Morgan fingerprint density at radius 1 is 1.36 bits per heavy atom. The van der Waals surface area contributed by atoms with Crippen LogP contribution in [0.4, 0.5) is 0 Å². The van der Waals surface area contributed by atoms with Crippen molar-refractivity contribution in [1.82, 2.24) is 15.8 Å². The molecule has 0 spiro atoms. The van der Waals surface area contributed by atoms with Gasteiger partial charge in [-0.3, -0.25) is 5.32 Å². The second kappa shape index (κ2) is 6.38. The zero-order valence-electron chi connectivity index (χ0n) is 9.84. The maximum atomic E-state index is 3.50. The van der Waals surface area contributed by atoms with E-state index in [1.807, 2.05) is 0 Å². The highest BCUT2D eigenvalue weighted by Gasteiger charge is 2.26. The van der Waals surface area contributed by atoms with Gasteiger partial charge in [0, 0.05) is 7.05 Å². The molecule has 1 aliphatic rings. The third-order valence-electron chi connectivity index (χ3n) is 3.21. The first-order chi connectivity index (χ1) is 6.79. The minimum Gasteiger partial charge on any atom is -0.287 e. The Kier molecular flexibility index (Phi) is 5.45. The third-order valence-corrected chi connectivity index (χ3v) is 3.21. The van der Waals surface area contributed by atoms with Crippen molar-refractivity contribution in [3.05, 3.63) is 0 Å². The van der Waals surface area contributed by atoms with Gasteiger partial charge in [0.05, 0.1) is 12.8 Å². The van der Waals surface area contributed by atoms with E-state index in [0.717, 1.165) is 12.6 Å². The Morgan fingerprint density at radius 2 is 2.14 bits per heavy atom. The summed E-state index contributed by atoms with van der Waals surface area (Å²) in [7, 11) is 2.13. The molecular weight excluding hydrogens is 174 g/mol. The van der Waals surface area contributed by atoms with Crippen molar-refractivity contribution >= 4 is 0 Å². The third kappa shape index (κ3) is 3.23. The number of rotatable bonds is 6. The van der Waals surface area contributed by atoms with Crippen LogP contribution in [0.15, 0.2) is 0 Å². The molecule has 2 unspecified atom stereocenters. The van der Waals surface area contributed by atoms with Crippen LogP contribution >= 0.6 is 0 Å². The Balaban J connectivity index is 2.29. The summed E-state index contributed by atoms with van der Waals surface area (Å²) >= 11 is 0. The minimum absolute atomic E-state index is 0.539. The average molecular weight is 199 g/mol. The van der Waals surface area contributed by atoms with Gasteiger partial charge in [-0.15, -0.1) is 0 Å². The Morgan fingerprint density at radius 3 is 2.64 bits per heavy atom. The molecule has 1 rings (SSSR count). The van der Waals surface area contributed by atoms with E-state index < -0.39 is 0 Å². The maximum absolute atomic E-state index is 3.50. The van der Waals surface area contributed by atoms with Crippen LogP contribution in [0, 0.1) is 5.92 Å². The fourth-order valence-electron chi connectivity index (χ4n) is 2.23. The van der Waals surface area contributed by atoms with Crippen LogP contribution in [-0.4, -0.2) is 24.9 Å². The van der Waals surface area contributed by atoms with Gasteiger partial charge >= 0.3 is 0 Å². The molecule has 0 aromatic rings. The van der Waals surface area contributed by atoms with E-state index in [0.29, 0.717) is 6.17 Å². The highest BCUT2D eigenvalue weighted by Crippen LogP contribution is 2.20.